The number of hydrogen-bond acceptors (Lipinski definition) is 3. The summed E-state index contributed by atoms with van der Waals surface area (Å²) in [4.78, 5) is 16.1. The minimum absolute atomic E-state index is 0.0270. The summed E-state index contributed by atoms with van der Waals surface area (Å²) in [6, 6.07) is 27.8. The molecule has 4 aromatic rings. The number of carbonyl (C=O) groups excluding carboxylic acids is 1. The van der Waals surface area contributed by atoms with E-state index in [4.69, 9.17) is 0 Å². The van der Waals surface area contributed by atoms with Crippen molar-refractivity contribution in [3.05, 3.63) is 107 Å². The van der Waals surface area contributed by atoms with Gasteiger partial charge in [-0.25, -0.2) is 0 Å². The van der Waals surface area contributed by atoms with Crippen molar-refractivity contribution >= 4 is 16.7 Å². The number of hydrogen-bond donors (Lipinski definition) is 1. The summed E-state index contributed by atoms with van der Waals surface area (Å²) < 4.78 is 2.04. The highest BCUT2D eigenvalue weighted by Gasteiger charge is 2.54. The lowest BCUT2D eigenvalue weighted by Gasteiger charge is -2.30. The Hall–Kier alpha value is -3.21. The van der Waals surface area contributed by atoms with Crippen molar-refractivity contribution in [2.75, 3.05) is 20.6 Å². The lowest BCUT2D eigenvalue weighted by atomic mass is 9.76. The normalized spacial score (nSPS) is 22.1. The number of carbonyl (C=O) groups is 1. The van der Waals surface area contributed by atoms with Gasteiger partial charge in [-0.05, 0) is 44.6 Å². The molecule has 168 valence electrons. The van der Waals surface area contributed by atoms with Crippen LogP contribution in [0.15, 0.2) is 84.9 Å². The second-order valence-corrected chi connectivity index (χ2v) is 9.46. The van der Waals surface area contributed by atoms with Crippen LogP contribution in [0.1, 0.15) is 40.0 Å². The van der Waals surface area contributed by atoms with Gasteiger partial charge in [0.2, 0.25) is 0 Å². The fourth-order valence-electron chi connectivity index (χ4n) is 5.54. The van der Waals surface area contributed by atoms with Gasteiger partial charge in [0, 0.05) is 29.1 Å². The van der Waals surface area contributed by atoms with Crippen molar-refractivity contribution in [3.63, 3.8) is 0 Å². The van der Waals surface area contributed by atoms with Gasteiger partial charge in [-0.15, -0.1) is 0 Å². The molecule has 2 heterocycles. The summed E-state index contributed by atoms with van der Waals surface area (Å²) >= 11 is 0. The van der Waals surface area contributed by atoms with Gasteiger partial charge < -0.3 is 14.6 Å². The summed E-state index contributed by atoms with van der Waals surface area (Å²) in [6.45, 7) is 2.69. The first-order valence-corrected chi connectivity index (χ1v) is 11.5. The summed E-state index contributed by atoms with van der Waals surface area (Å²) in [7, 11) is 4.15. The number of fused-ring (bicyclic) bond motifs is 3. The number of benzene rings is 3. The van der Waals surface area contributed by atoms with Gasteiger partial charge in [-0.1, -0.05) is 78.9 Å². The molecule has 0 aliphatic carbocycles. The molecule has 4 nitrogen and oxygen atoms in total. The van der Waals surface area contributed by atoms with Crippen LogP contribution >= 0.6 is 0 Å². The maximum absolute atomic E-state index is 13.9. The fourth-order valence-corrected chi connectivity index (χ4v) is 5.54. The third-order valence-corrected chi connectivity index (χ3v) is 7.00. The number of rotatable bonds is 6. The maximum Gasteiger partial charge on any atom is 0.171 e. The lowest BCUT2D eigenvalue weighted by molar-refractivity contribution is -0.0435. The average molecular weight is 439 g/mol. The van der Waals surface area contributed by atoms with E-state index in [1.54, 1.807) is 6.92 Å². The zero-order valence-corrected chi connectivity index (χ0v) is 19.4. The molecule has 0 saturated heterocycles. The van der Waals surface area contributed by atoms with E-state index in [1.807, 2.05) is 59.2 Å². The first-order valence-electron chi connectivity index (χ1n) is 11.5. The second-order valence-electron chi connectivity index (χ2n) is 9.46. The first-order chi connectivity index (χ1) is 15.9. The number of aromatic nitrogens is 1. The minimum atomic E-state index is -1.36. The molecule has 5 rings (SSSR count). The number of aliphatic hydroxyl groups is 1. The molecule has 0 bridgehead atoms. The van der Waals surface area contributed by atoms with Crippen LogP contribution in [0.4, 0.5) is 0 Å². The molecule has 1 N–H and O–H groups in total. The van der Waals surface area contributed by atoms with Crippen LogP contribution in [0.25, 0.3) is 10.9 Å². The molecule has 1 aromatic heterocycles. The highest BCUT2D eigenvalue weighted by molar-refractivity contribution is 6.00. The molecule has 4 heteroatoms. The number of Topliss-reactive ketones (excluding diaryl/α,β-unsaturated/α-hetero) is 1. The summed E-state index contributed by atoms with van der Waals surface area (Å²) in [5.74, 6) is -0.890. The van der Waals surface area contributed by atoms with Gasteiger partial charge in [0.05, 0.1) is 11.4 Å². The van der Waals surface area contributed by atoms with Gasteiger partial charge >= 0.3 is 0 Å². The second kappa shape index (κ2) is 8.29. The Morgan fingerprint density at radius 2 is 1.55 bits per heavy atom. The molecule has 0 amide bonds. The Bertz CT molecular complexity index is 1290. The molecule has 0 spiro atoms. The van der Waals surface area contributed by atoms with Crippen molar-refractivity contribution in [1.82, 2.24) is 9.47 Å². The van der Waals surface area contributed by atoms with E-state index in [0.717, 1.165) is 35.1 Å². The van der Waals surface area contributed by atoms with Crippen LogP contribution in [0.5, 0.6) is 0 Å². The molecule has 0 saturated carbocycles. The van der Waals surface area contributed by atoms with Crippen LogP contribution in [-0.4, -0.2) is 41.0 Å². The minimum Gasteiger partial charge on any atom is -0.370 e. The van der Waals surface area contributed by atoms with E-state index in [2.05, 4.69) is 49.3 Å². The highest BCUT2D eigenvalue weighted by atomic mass is 16.3. The standard InChI is InChI=1S/C29H30N2O2/c1-29(33)26(28(32)21-14-8-5-9-15-21)25(20-12-6-4-7-13-20)27-23(18-19-30(2)3)22-16-10-11-17-24(22)31(27)29/h4-17,25-26,33H,18-19H2,1-3H3. The van der Waals surface area contributed by atoms with Crippen molar-refractivity contribution in [3.8, 4) is 0 Å². The van der Waals surface area contributed by atoms with Crippen LogP contribution in [0.2, 0.25) is 0 Å². The predicted molar refractivity (Wildman–Crippen MR) is 133 cm³/mol. The molecule has 1 aliphatic heterocycles. The van der Waals surface area contributed by atoms with Gasteiger partial charge in [0.25, 0.3) is 0 Å². The molecular formula is C29H30N2O2. The molecule has 0 radical (unpaired) electrons. The van der Waals surface area contributed by atoms with Gasteiger partial charge in [-0.3, -0.25) is 4.79 Å². The monoisotopic (exact) mass is 438 g/mol. The smallest absolute Gasteiger partial charge is 0.171 e. The Labute approximate surface area is 195 Å². The van der Waals surface area contributed by atoms with E-state index < -0.39 is 11.6 Å². The number of likely N-dealkylation sites (N-methyl/N-ethyl adjacent to an activating group) is 1. The van der Waals surface area contributed by atoms with E-state index in [-0.39, 0.29) is 11.7 Å². The Balaban J connectivity index is 1.79. The van der Waals surface area contributed by atoms with E-state index in [1.165, 1.54) is 5.56 Å². The Morgan fingerprint density at radius 1 is 0.939 bits per heavy atom. The van der Waals surface area contributed by atoms with E-state index >= 15 is 0 Å². The largest absolute Gasteiger partial charge is 0.370 e. The molecular weight excluding hydrogens is 408 g/mol. The van der Waals surface area contributed by atoms with Crippen molar-refractivity contribution in [2.24, 2.45) is 5.92 Å². The summed E-state index contributed by atoms with van der Waals surface area (Å²) in [5, 5.41) is 13.2. The van der Waals surface area contributed by atoms with Gasteiger partial charge in [-0.2, -0.15) is 0 Å². The molecule has 3 unspecified atom stereocenters. The SMILES string of the molecule is CN(C)CCc1c2n(c3ccccc13)C(C)(O)C(C(=O)c1ccccc1)C2c1ccccc1. The van der Waals surface area contributed by atoms with Crippen LogP contribution in [0, 0.1) is 5.92 Å². The van der Waals surface area contributed by atoms with Crippen LogP contribution in [-0.2, 0) is 12.1 Å². The zero-order valence-electron chi connectivity index (χ0n) is 19.4. The lowest BCUT2D eigenvalue weighted by Crippen LogP contribution is -2.39. The zero-order chi connectivity index (χ0) is 23.2. The number of ketones is 1. The first kappa shape index (κ1) is 21.6. The maximum atomic E-state index is 13.9. The van der Waals surface area contributed by atoms with Crippen LogP contribution < -0.4 is 0 Å². The van der Waals surface area contributed by atoms with Crippen LogP contribution in [0.3, 0.4) is 0 Å². The number of para-hydroxylation sites is 1. The summed E-state index contributed by atoms with van der Waals surface area (Å²) in [6.07, 6.45) is 0.849. The fraction of sp³-hybridized carbons (Fsp3) is 0.276. The van der Waals surface area contributed by atoms with E-state index in [9.17, 15) is 9.90 Å². The third kappa shape index (κ3) is 3.50. The molecule has 3 aromatic carbocycles. The quantitative estimate of drug-likeness (QED) is 0.428. The third-order valence-electron chi connectivity index (χ3n) is 7.00. The van der Waals surface area contributed by atoms with E-state index in [0.29, 0.717) is 5.56 Å². The number of nitrogens with zero attached hydrogens (tertiary/aromatic N) is 2. The molecule has 0 fully saturated rings. The molecule has 3 atom stereocenters. The van der Waals surface area contributed by atoms with Crippen molar-refractivity contribution < 1.29 is 9.90 Å². The van der Waals surface area contributed by atoms with Crippen molar-refractivity contribution in [1.29, 1.82) is 0 Å². The molecule has 33 heavy (non-hydrogen) atoms. The predicted octanol–water partition coefficient (Wildman–Crippen LogP) is 5.06. The van der Waals surface area contributed by atoms with Gasteiger partial charge in [0.15, 0.2) is 5.78 Å². The summed E-state index contributed by atoms with van der Waals surface area (Å²) in [5.41, 5.74) is 3.59. The highest BCUT2D eigenvalue weighted by Crippen LogP contribution is 2.53. The average Bonchev–Trinajstić information content (AvgIpc) is 3.28. The Kier molecular flexibility index (Phi) is 5.43. The topological polar surface area (TPSA) is 45.5 Å². The van der Waals surface area contributed by atoms with Crippen molar-refractivity contribution in [2.45, 2.75) is 25.0 Å². The Morgan fingerprint density at radius 3 is 2.21 bits per heavy atom. The van der Waals surface area contributed by atoms with Gasteiger partial charge in [0.1, 0.15) is 5.72 Å². The molecule has 1 aliphatic rings.